The number of aromatic nitrogens is 4. The third-order valence-corrected chi connectivity index (χ3v) is 9.37. The maximum atomic E-state index is 11.9. The summed E-state index contributed by atoms with van der Waals surface area (Å²) in [6, 6.07) is 8.09. The number of hydrogen-bond acceptors (Lipinski definition) is 11. The van der Waals surface area contributed by atoms with Gasteiger partial charge >= 0.3 is 0 Å². The molecule has 204 valence electrons. The lowest BCUT2D eigenvalue weighted by molar-refractivity contribution is 0.154. The summed E-state index contributed by atoms with van der Waals surface area (Å²) in [5.74, 6) is 1.12. The van der Waals surface area contributed by atoms with Crippen LogP contribution in [-0.4, -0.2) is 82.7 Å². The van der Waals surface area contributed by atoms with E-state index < -0.39 is 9.84 Å². The molecule has 5 rings (SSSR count). The highest BCUT2D eigenvalue weighted by Crippen LogP contribution is 2.38. The van der Waals surface area contributed by atoms with Crippen molar-refractivity contribution in [2.75, 3.05) is 53.2 Å². The molecule has 3 aromatic rings. The summed E-state index contributed by atoms with van der Waals surface area (Å²) in [7, 11) is -2.91. The molecule has 14 heteroatoms. The molecule has 1 atom stereocenters. The van der Waals surface area contributed by atoms with Crippen LogP contribution in [0.25, 0.3) is 5.65 Å². The first-order chi connectivity index (χ1) is 18.7. The minimum atomic E-state index is -2.91. The predicted octanol–water partition coefficient (Wildman–Crippen LogP) is 2.78. The number of nitrogens with one attached hydrogen (secondary N) is 2. The molecule has 1 aromatic carbocycles. The second-order valence-corrected chi connectivity index (χ2v) is 12.5. The molecule has 0 aliphatic carbocycles. The molecule has 0 radical (unpaired) electrons. The number of sulfone groups is 1. The minimum Gasteiger partial charge on any atom is -0.365 e. The zero-order valence-corrected chi connectivity index (χ0v) is 23.3. The zero-order chi connectivity index (χ0) is 27.7. The lowest BCUT2D eigenvalue weighted by Gasteiger charge is -2.45. The van der Waals surface area contributed by atoms with E-state index in [0.29, 0.717) is 59.4 Å². The molecule has 0 unspecified atom stereocenters. The number of nitrogens with zero attached hydrogens (tertiary/aromatic N) is 8. The van der Waals surface area contributed by atoms with Gasteiger partial charge < -0.3 is 15.5 Å². The van der Waals surface area contributed by atoms with Crippen molar-refractivity contribution in [2.45, 2.75) is 38.8 Å². The second kappa shape index (κ2) is 10.8. The molecule has 39 heavy (non-hydrogen) atoms. The van der Waals surface area contributed by atoms with Crippen LogP contribution in [-0.2, 0) is 9.84 Å². The fourth-order valence-electron chi connectivity index (χ4n) is 5.30. The number of fused-ring (bicyclic) bond motifs is 1. The molecule has 0 spiro atoms. The van der Waals surface area contributed by atoms with Crippen LogP contribution in [0.5, 0.6) is 0 Å². The van der Waals surface area contributed by atoms with E-state index in [1.54, 1.807) is 12.1 Å². The molecule has 4 heterocycles. The monoisotopic (exact) mass is 568 g/mol. The summed E-state index contributed by atoms with van der Waals surface area (Å²) in [5.41, 5.74) is 2.28. The van der Waals surface area contributed by atoms with Crippen LogP contribution in [0.1, 0.15) is 37.8 Å². The Morgan fingerprint density at radius 3 is 2.59 bits per heavy atom. The molecule has 2 saturated heterocycles. The number of piperazine rings is 1. The van der Waals surface area contributed by atoms with E-state index in [0.717, 1.165) is 18.8 Å². The molecule has 2 fully saturated rings. The standard InChI is InChI=1S/C25H29ClN10O2S/c1-3-29-25-33-24(32-23-18(13-28)14-30-36(23)25)31-20-10-17(12-27)11-21(22(20)26)35-7-6-34(15-16(35)2)19-4-8-39(37,38)9-5-19/h10-11,14,16,19H,3-9,15H2,1-2H3,(H2,29,31,32,33)/t16-/m0/s1. The van der Waals surface area contributed by atoms with Crippen LogP contribution in [0.15, 0.2) is 18.3 Å². The average molecular weight is 569 g/mol. The quantitative estimate of drug-likeness (QED) is 0.450. The molecular formula is C25H29ClN10O2S. The predicted molar refractivity (Wildman–Crippen MR) is 149 cm³/mol. The Labute approximate surface area is 232 Å². The van der Waals surface area contributed by atoms with Crippen molar-refractivity contribution >= 4 is 50.4 Å². The van der Waals surface area contributed by atoms with Gasteiger partial charge in [0.1, 0.15) is 21.5 Å². The maximum Gasteiger partial charge on any atom is 0.232 e. The van der Waals surface area contributed by atoms with Gasteiger partial charge in [-0.05, 0) is 38.8 Å². The summed E-state index contributed by atoms with van der Waals surface area (Å²) < 4.78 is 25.2. The van der Waals surface area contributed by atoms with Crippen LogP contribution in [0.4, 0.5) is 23.3 Å². The first-order valence-corrected chi connectivity index (χ1v) is 15.0. The van der Waals surface area contributed by atoms with Gasteiger partial charge in [0, 0.05) is 38.3 Å². The third kappa shape index (κ3) is 5.43. The van der Waals surface area contributed by atoms with Crippen molar-refractivity contribution < 1.29 is 8.42 Å². The first-order valence-electron chi connectivity index (χ1n) is 12.8. The number of halogens is 1. The molecule has 0 bridgehead atoms. The summed E-state index contributed by atoms with van der Waals surface area (Å²) in [6.07, 6.45) is 2.76. The molecule has 2 N–H and O–H groups in total. The summed E-state index contributed by atoms with van der Waals surface area (Å²) in [4.78, 5) is 13.6. The van der Waals surface area contributed by atoms with Gasteiger partial charge in [-0.15, -0.1) is 0 Å². The summed E-state index contributed by atoms with van der Waals surface area (Å²) >= 11 is 6.92. The average Bonchev–Trinajstić information content (AvgIpc) is 3.33. The number of rotatable bonds is 6. The molecular weight excluding hydrogens is 540 g/mol. The fourth-order valence-corrected chi connectivity index (χ4v) is 7.03. The Hall–Kier alpha value is -3.65. The Morgan fingerprint density at radius 2 is 1.92 bits per heavy atom. The van der Waals surface area contributed by atoms with Crippen molar-refractivity contribution in [1.29, 1.82) is 10.5 Å². The van der Waals surface area contributed by atoms with Crippen LogP contribution < -0.4 is 15.5 Å². The molecule has 2 aliphatic rings. The number of anilines is 4. The van der Waals surface area contributed by atoms with Crippen LogP contribution in [0.3, 0.4) is 0 Å². The van der Waals surface area contributed by atoms with E-state index >= 15 is 0 Å². The van der Waals surface area contributed by atoms with Gasteiger partial charge in [-0.3, -0.25) is 4.90 Å². The lowest BCUT2D eigenvalue weighted by Crippen LogP contribution is -2.56. The highest BCUT2D eigenvalue weighted by molar-refractivity contribution is 7.91. The molecule has 0 saturated carbocycles. The molecule has 0 amide bonds. The lowest BCUT2D eigenvalue weighted by atomic mass is 10.0. The Kier molecular flexibility index (Phi) is 7.49. The normalized spacial score (nSPS) is 19.9. The third-order valence-electron chi connectivity index (χ3n) is 7.26. The number of nitriles is 2. The Bertz CT molecular complexity index is 1580. The molecule has 12 nitrogen and oxygen atoms in total. The van der Waals surface area contributed by atoms with E-state index in [-0.39, 0.29) is 29.5 Å². The smallest absolute Gasteiger partial charge is 0.232 e. The van der Waals surface area contributed by atoms with E-state index in [1.807, 2.05) is 6.92 Å². The van der Waals surface area contributed by atoms with E-state index in [1.165, 1.54) is 10.7 Å². The van der Waals surface area contributed by atoms with E-state index in [2.05, 4.69) is 54.6 Å². The van der Waals surface area contributed by atoms with Crippen molar-refractivity contribution in [1.82, 2.24) is 24.5 Å². The number of benzene rings is 1. The van der Waals surface area contributed by atoms with Gasteiger partial charge in [0.15, 0.2) is 5.65 Å². The van der Waals surface area contributed by atoms with Gasteiger partial charge in [0.25, 0.3) is 0 Å². The van der Waals surface area contributed by atoms with Crippen molar-refractivity contribution in [3.8, 4) is 12.1 Å². The van der Waals surface area contributed by atoms with Crippen LogP contribution >= 0.6 is 11.6 Å². The SMILES string of the molecule is CCNc1nc(Nc2cc(C#N)cc(N3CCN(C4CCS(=O)(=O)CC4)C[C@@H]3C)c2Cl)nc2c(C#N)cnn12. The highest BCUT2D eigenvalue weighted by Gasteiger charge is 2.33. The Morgan fingerprint density at radius 1 is 1.15 bits per heavy atom. The van der Waals surface area contributed by atoms with Crippen LogP contribution in [0.2, 0.25) is 5.02 Å². The van der Waals surface area contributed by atoms with Gasteiger partial charge in [-0.1, -0.05) is 11.6 Å². The highest BCUT2D eigenvalue weighted by atomic mass is 35.5. The van der Waals surface area contributed by atoms with Crippen molar-refractivity contribution in [2.24, 2.45) is 0 Å². The maximum absolute atomic E-state index is 11.9. The first kappa shape index (κ1) is 26.9. The van der Waals surface area contributed by atoms with Gasteiger partial charge in [0.2, 0.25) is 11.9 Å². The van der Waals surface area contributed by atoms with E-state index in [9.17, 15) is 18.9 Å². The van der Waals surface area contributed by atoms with Gasteiger partial charge in [-0.2, -0.15) is 30.1 Å². The van der Waals surface area contributed by atoms with Crippen molar-refractivity contribution in [3.05, 3.63) is 34.5 Å². The van der Waals surface area contributed by atoms with Crippen molar-refractivity contribution in [3.63, 3.8) is 0 Å². The van der Waals surface area contributed by atoms with E-state index in [4.69, 9.17) is 11.6 Å². The molecule has 2 aliphatic heterocycles. The van der Waals surface area contributed by atoms with Gasteiger partial charge in [0.05, 0.1) is 45.7 Å². The largest absolute Gasteiger partial charge is 0.365 e. The fraction of sp³-hybridized carbons (Fsp3) is 0.480. The summed E-state index contributed by atoms with van der Waals surface area (Å²) in [6.45, 7) is 6.85. The van der Waals surface area contributed by atoms with Crippen LogP contribution in [0, 0.1) is 22.7 Å². The number of hydrogen-bond donors (Lipinski definition) is 2. The second-order valence-electron chi connectivity index (χ2n) is 9.82. The zero-order valence-electron chi connectivity index (χ0n) is 21.7. The topological polar surface area (TPSA) is 155 Å². The Balaban J connectivity index is 1.42. The van der Waals surface area contributed by atoms with Gasteiger partial charge in [-0.25, -0.2) is 8.42 Å². The minimum absolute atomic E-state index is 0.0921. The molecule has 2 aromatic heterocycles. The summed E-state index contributed by atoms with van der Waals surface area (Å²) in [5, 5.41) is 30.2.